The van der Waals surface area contributed by atoms with Gasteiger partial charge in [0.25, 0.3) is 0 Å². The van der Waals surface area contributed by atoms with Crippen molar-refractivity contribution in [2.24, 2.45) is 0 Å². The third-order valence-corrected chi connectivity index (χ3v) is 7.38. The summed E-state index contributed by atoms with van der Waals surface area (Å²) in [5, 5.41) is 0. The Balaban J connectivity index is -0.000000129. The first-order valence-electron chi connectivity index (χ1n) is 10.1. The second-order valence-electron chi connectivity index (χ2n) is 8.09. The molecule has 2 saturated carbocycles. The standard InChI is InChI=1S/2C10H15.2CHF3O3S.2H2O.Ti/c2*1-6-7(2)9(4)10(5)8(6)3;2*2-1(3,4)8(5,6)7;;;/h2*1-5H3;2*(H,5,6,7);2*1H2;/q;;;;;;+2. The number of rotatable bonds is 0. The van der Waals surface area contributed by atoms with E-state index < -0.39 is 31.3 Å². The van der Waals surface area contributed by atoms with Crippen LogP contribution >= 0.6 is 0 Å². The summed E-state index contributed by atoms with van der Waals surface area (Å²) in [5.74, 6) is 14.7. The van der Waals surface area contributed by atoms with E-state index >= 15 is 0 Å². The molecule has 0 unspecified atom stereocenters. The van der Waals surface area contributed by atoms with Crippen molar-refractivity contribution in [2.75, 3.05) is 0 Å². The summed E-state index contributed by atoms with van der Waals surface area (Å²) < 4.78 is 115. The van der Waals surface area contributed by atoms with Gasteiger partial charge in [0.1, 0.15) is 0 Å². The van der Waals surface area contributed by atoms with E-state index in [4.69, 9.17) is 25.9 Å². The second kappa shape index (κ2) is 17.9. The van der Waals surface area contributed by atoms with Crippen LogP contribution in [0.4, 0.5) is 26.3 Å². The van der Waals surface area contributed by atoms with E-state index in [1.54, 1.807) is 0 Å². The fourth-order valence-electron chi connectivity index (χ4n) is 2.81. The monoisotopic (exact) mass is 654 g/mol. The summed E-state index contributed by atoms with van der Waals surface area (Å²) in [6.07, 6.45) is 0. The normalized spacial score (nSPS) is 20.4. The Morgan fingerprint density at radius 3 is 0.487 bits per heavy atom. The number of alkyl halides is 6. The Labute approximate surface area is 244 Å². The van der Waals surface area contributed by atoms with Crippen LogP contribution in [-0.2, 0) is 42.0 Å². The van der Waals surface area contributed by atoms with Gasteiger partial charge in [-0.2, -0.15) is 43.2 Å². The van der Waals surface area contributed by atoms with Crippen molar-refractivity contribution in [3.63, 3.8) is 0 Å². The smallest absolute Gasteiger partial charge is 0.412 e. The Morgan fingerprint density at radius 2 is 0.462 bits per heavy atom. The van der Waals surface area contributed by atoms with Crippen molar-refractivity contribution in [1.82, 2.24) is 0 Å². The molecule has 10 radical (unpaired) electrons. The minimum Gasteiger partial charge on any atom is -0.412 e. The van der Waals surface area contributed by atoms with Gasteiger partial charge < -0.3 is 11.0 Å². The molecule has 8 nitrogen and oxygen atoms in total. The topological polar surface area (TPSA) is 172 Å². The SMILES string of the molecule is C[C]1[C](C)[C](C)[C](C)[C]1C.C[C]1[C](C)[C](C)[C](C)[C]1C.O.O.O=S(=O)(O)C(F)(F)F.O=S(=O)(O)C(F)(F)F.[Ti+2]. The molecule has 6 N–H and O–H groups in total. The Hall–Kier alpha value is 0.0343. The van der Waals surface area contributed by atoms with Crippen molar-refractivity contribution < 1.29 is 85.0 Å². The number of hydrogen-bond donors (Lipinski definition) is 2. The van der Waals surface area contributed by atoms with Crippen LogP contribution in [0.1, 0.15) is 69.2 Å². The number of hydrogen-bond acceptors (Lipinski definition) is 4. The zero-order chi connectivity index (χ0) is 29.8. The summed E-state index contributed by atoms with van der Waals surface area (Å²) in [5.41, 5.74) is -11.1. The van der Waals surface area contributed by atoms with E-state index in [2.05, 4.69) is 69.2 Å². The van der Waals surface area contributed by atoms with Gasteiger partial charge in [0.2, 0.25) is 0 Å². The summed E-state index contributed by atoms with van der Waals surface area (Å²) in [4.78, 5) is 0. The van der Waals surface area contributed by atoms with Crippen molar-refractivity contribution in [3.05, 3.63) is 59.2 Å². The molecule has 0 aromatic carbocycles. The molecule has 2 fully saturated rings. The molecule has 0 aromatic rings. The predicted octanol–water partition coefficient (Wildman–Crippen LogP) is 5.08. The molecule has 2 rings (SSSR count). The summed E-state index contributed by atoms with van der Waals surface area (Å²) >= 11 is 0. The maximum absolute atomic E-state index is 10.7. The molecule has 0 aliphatic heterocycles. The summed E-state index contributed by atoms with van der Waals surface area (Å²) in [6, 6.07) is 0. The van der Waals surface area contributed by atoms with E-state index in [0.29, 0.717) is 0 Å². The molecule has 0 spiro atoms. The van der Waals surface area contributed by atoms with Gasteiger partial charge in [-0.05, 0) is 59.2 Å². The third-order valence-electron chi connectivity index (χ3n) is 6.21. The zero-order valence-corrected chi connectivity index (χ0v) is 26.3. The molecule has 2 aliphatic rings. The van der Waals surface area contributed by atoms with Crippen LogP contribution in [0, 0.1) is 59.2 Å². The Bertz CT molecular complexity index is 722. The molecule has 2 aliphatic carbocycles. The van der Waals surface area contributed by atoms with Gasteiger partial charge in [-0.1, -0.05) is 69.2 Å². The van der Waals surface area contributed by atoms with Gasteiger partial charge in [-0.3, -0.25) is 9.11 Å². The zero-order valence-electron chi connectivity index (χ0n) is 23.1. The van der Waals surface area contributed by atoms with Gasteiger partial charge in [0.15, 0.2) is 0 Å². The largest absolute Gasteiger partial charge is 2.00 e. The first kappa shape index (κ1) is 48.7. The van der Waals surface area contributed by atoms with E-state index in [1.165, 1.54) is 59.2 Å². The average Bonchev–Trinajstić information content (AvgIpc) is 2.96. The van der Waals surface area contributed by atoms with E-state index in [1.807, 2.05) is 0 Å². The minimum absolute atomic E-state index is 0. The van der Waals surface area contributed by atoms with Crippen LogP contribution in [-0.4, -0.2) is 47.9 Å². The van der Waals surface area contributed by atoms with Crippen molar-refractivity contribution in [3.8, 4) is 0 Å². The molecular weight excluding hydrogens is 618 g/mol. The molecule has 0 aromatic heterocycles. The Morgan fingerprint density at radius 1 is 0.410 bits per heavy atom. The van der Waals surface area contributed by atoms with Crippen LogP contribution in [0.15, 0.2) is 0 Å². The molecule has 0 bridgehead atoms. The van der Waals surface area contributed by atoms with Gasteiger partial charge in [0, 0.05) is 0 Å². The molecular formula is C22H36F6O8S2Ti+2. The maximum atomic E-state index is 10.7. The molecule has 0 heterocycles. The van der Waals surface area contributed by atoms with Gasteiger partial charge in [-0.25, -0.2) is 0 Å². The fourth-order valence-corrected chi connectivity index (χ4v) is 2.81. The van der Waals surface area contributed by atoms with Crippen molar-refractivity contribution in [1.29, 1.82) is 0 Å². The quantitative estimate of drug-likeness (QED) is 0.160. The second-order valence-corrected chi connectivity index (χ2v) is 10.9. The minimum atomic E-state index is -5.84. The van der Waals surface area contributed by atoms with Gasteiger partial charge in [0.05, 0.1) is 0 Å². The van der Waals surface area contributed by atoms with Gasteiger partial charge in [-0.15, -0.1) is 0 Å². The molecule has 0 atom stereocenters. The van der Waals surface area contributed by atoms with Crippen molar-refractivity contribution >= 4 is 20.2 Å². The predicted molar refractivity (Wildman–Crippen MR) is 132 cm³/mol. The van der Waals surface area contributed by atoms with Crippen LogP contribution < -0.4 is 0 Å². The van der Waals surface area contributed by atoms with Gasteiger partial charge >= 0.3 is 53.0 Å². The van der Waals surface area contributed by atoms with Crippen LogP contribution in [0.25, 0.3) is 0 Å². The molecule has 17 heteroatoms. The van der Waals surface area contributed by atoms with Crippen LogP contribution in [0.5, 0.6) is 0 Å². The van der Waals surface area contributed by atoms with Crippen molar-refractivity contribution in [2.45, 2.75) is 80.3 Å². The molecule has 39 heavy (non-hydrogen) atoms. The molecule has 0 amide bonds. The van der Waals surface area contributed by atoms with E-state index in [0.717, 1.165) is 0 Å². The number of halogens is 6. The fraction of sp³-hybridized carbons (Fsp3) is 0.545. The summed E-state index contributed by atoms with van der Waals surface area (Å²) in [7, 11) is -11.7. The first-order valence-corrected chi connectivity index (χ1v) is 13.0. The Kier molecular flexibility index (Phi) is 22.3. The first-order chi connectivity index (χ1) is 15.6. The third kappa shape index (κ3) is 14.7. The molecule has 0 saturated heterocycles. The van der Waals surface area contributed by atoms with Crippen LogP contribution in [0.2, 0.25) is 0 Å². The molecule has 228 valence electrons. The van der Waals surface area contributed by atoms with Crippen LogP contribution in [0.3, 0.4) is 0 Å². The summed E-state index contributed by atoms with van der Waals surface area (Å²) in [6.45, 7) is 22.0. The van der Waals surface area contributed by atoms with E-state index in [9.17, 15) is 26.3 Å². The average molecular weight is 655 g/mol. The van der Waals surface area contributed by atoms with E-state index in [-0.39, 0.29) is 32.7 Å². The maximum Gasteiger partial charge on any atom is 2.00 e.